The van der Waals surface area contributed by atoms with Crippen molar-refractivity contribution < 1.29 is 34.4 Å². The molecule has 11 N–H and O–H groups in total. The van der Waals surface area contributed by atoms with Gasteiger partial charge in [0, 0.05) is 0 Å². The molecule has 0 radical (unpaired) electrons. The summed E-state index contributed by atoms with van der Waals surface area (Å²) < 4.78 is 5.45. The molecule has 13 nitrogen and oxygen atoms in total. The highest BCUT2D eigenvalue weighted by molar-refractivity contribution is 5.83. The van der Waals surface area contributed by atoms with Crippen molar-refractivity contribution >= 4 is 17.9 Å². The Balaban J connectivity index is 2.71. The molecule has 25 heavy (non-hydrogen) atoms. The number of carbonyl (C=O) groups is 3. The van der Waals surface area contributed by atoms with E-state index in [1.807, 2.05) is 0 Å². The number of aliphatic carboxylic acids is 1. The van der Waals surface area contributed by atoms with Crippen LogP contribution in [0.15, 0.2) is 0 Å². The van der Waals surface area contributed by atoms with Crippen molar-refractivity contribution in [2.45, 2.75) is 50.0 Å². The second-order valence-electron chi connectivity index (χ2n) is 5.56. The van der Waals surface area contributed by atoms with E-state index in [0.29, 0.717) is 0 Å². The molecule has 13 heteroatoms. The summed E-state index contributed by atoms with van der Waals surface area (Å²) in [6.45, 7) is 0.835. The zero-order valence-electron chi connectivity index (χ0n) is 13.5. The van der Waals surface area contributed by atoms with E-state index in [9.17, 15) is 19.5 Å². The number of nitrogens with one attached hydrogen (secondary N) is 4. The van der Waals surface area contributed by atoms with Gasteiger partial charge in [0.25, 0.3) is 0 Å². The highest BCUT2D eigenvalue weighted by Crippen LogP contribution is 2.10. The first-order valence-corrected chi connectivity index (χ1v) is 7.44. The average molecular weight is 364 g/mol. The van der Waals surface area contributed by atoms with Crippen molar-refractivity contribution in [2.24, 2.45) is 11.5 Å². The third-order valence-electron chi connectivity index (χ3n) is 3.40. The largest absolute Gasteiger partial charge is 0.480 e. The molecule has 0 aromatic heterocycles. The summed E-state index contributed by atoms with van der Waals surface area (Å²) in [5.74, 6) is -2.17. The molecule has 0 bridgehead atoms. The lowest BCUT2D eigenvalue weighted by atomic mass is 10.1. The third kappa shape index (κ3) is 6.41. The fraction of sp³-hybridized carbons (Fsp3) is 0.750. The first-order valence-electron chi connectivity index (χ1n) is 7.44. The number of rotatable bonds is 9. The van der Waals surface area contributed by atoms with Gasteiger partial charge in [0.2, 0.25) is 5.91 Å². The van der Waals surface area contributed by atoms with Gasteiger partial charge in [-0.3, -0.25) is 4.79 Å². The lowest BCUT2D eigenvalue weighted by molar-refractivity contribution is -0.141. The molecule has 6 atom stereocenters. The lowest BCUT2D eigenvalue weighted by Gasteiger charge is -2.25. The van der Waals surface area contributed by atoms with Crippen LogP contribution in [0.5, 0.6) is 0 Å². The Bertz CT molecular complexity index is 491. The number of carbonyl (C=O) groups excluding carboxylic acids is 2. The quantitative estimate of drug-likeness (QED) is 0.190. The molecule has 1 fully saturated rings. The number of hydrogen-bond donors (Lipinski definition) is 9. The van der Waals surface area contributed by atoms with Crippen molar-refractivity contribution in [2.75, 3.05) is 6.61 Å². The van der Waals surface area contributed by atoms with E-state index in [2.05, 4.69) is 21.5 Å². The summed E-state index contributed by atoms with van der Waals surface area (Å²) in [5.41, 5.74) is 16.1. The van der Waals surface area contributed by atoms with Gasteiger partial charge in [0.15, 0.2) is 6.04 Å². The second kappa shape index (κ2) is 9.45. The molecule has 1 saturated heterocycles. The monoisotopic (exact) mass is 364 g/mol. The van der Waals surface area contributed by atoms with Gasteiger partial charge in [0.05, 0.1) is 31.2 Å². The minimum absolute atomic E-state index is 0.319. The summed E-state index contributed by atoms with van der Waals surface area (Å²) in [7, 11) is 0. The number of amides is 3. The molecule has 0 aliphatic carbocycles. The fourth-order valence-electron chi connectivity index (χ4n) is 2.08. The van der Waals surface area contributed by atoms with Gasteiger partial charge in [0.1, 0.15) is 12.5 Å². The van der Waals surface area contributed by atoms with Gasteiger partial charge in [-0.2, -0.15) is 0 Å². The van der Waals surface area contributed by atoms with Crippen LogP contribution in [0.4, 0.5) is 4.79 Å². The van der Waals surface area contributed by atoms with Crippen molar-refractivity contribution in [1.82, 2.24) is 21.5 Å². The van der Waals surface area contributed by atoms with Crippen molar-refractivity contribution in [3.05, 3.63) is 0 Å². The Hall–Kier alpha value is -2.03. The average Bonchev–Trinajstić information content (AvgIpc) is 3.00. The van der Waals surface area contributed by atoms with Crippen LogP contribution in [0, 0.1) is 0 Å². The SMILES string of the molecule is CC(O)C(NC(=O)N[C@@H](CC(N)=O)C1NNC([C@@H](N)CO)O1)C(=O)O. The maximum absolute atomic E-state index is 12.0. The normalized spacial score (nSPS) is 24.8. The molecular weight excluding hydrogens is 340 g/mol. The Labute approximate surface area is 143 Å². The maximum Gasteiger partial charge on any atom is 0.328 e. The molecule has 1 aliphatic rings. The van der Waals surface area contributed by atoms with Crippen molar-refractivity contribution in [3.8, 4) is 0 Å². The Kier molecular flexibility index (Phi) is 7.95. The summed E-state index contributed by atoms with van der Waals surface area (Å²) >= 11 is 0. The van der Waals surface area contributed by atoms with E-state index in [4.69, 9.17) is 26.4 Å². The van der Waals surface area contributed by atoms with Gasteiger partial charge in [-0.15, -0.1) is 0 Å². The van der Waals surface area contributed by atoms with Crippen LogP contribution >= 0.6 is 0 Å². The molecule has 0 saturated carbocycles. The van der Waals surface area contributed by atoms with Gasteiger partial charge >= 0.3 is 12.0 Å². The van der Waals surface area contributed by atoms with Gasteiger partial charge in [-0.1, -0.05) is 0 Å². The van der Waals surface area contributed by atoms with Crippen LogP contribution in [0.3, 0.4) is 0 Å². The molecule has 4 unspecified atom stereocenters. The van der Waals surface area contributed by atoms with E-state index < -0.39 is 54.6 Å². The Morgan fingerprint density at radius 2 is 1.84 bits per heavy atom. The molecule has 144 valence electrons. The summed E-state index contributed by atoms with van der Waals surface area (Å²) in [5, 5.41) is 31.7. The number of urea groups is 1. The fourth-order valence-corrected chi connectivity index (χ4v) is 2.08. The molecule has 1 aliphatic heterocycles. The van der Waals surface area contributed by atoms with Crippen LogP contribution in [0.25, 0.3) is 0 Å². The van der Waals surface area contributed by atoms with Crippen LogP contribution in [-0.2, 0) is 14.3 Å². The minimum Gasteiger partial charge on any atom is -0.480 e. The smallest absolute Gasteiger partial charge is 0.328 e. The molecule has 1 rings (SSSR count). The number of hydrazine groups is 1. The molecule has 1 heterocycles. The standard InChI is InChI=1S/C12H24N6O7/c1-4(20)8(11(22)23)16-12(24)15-6(2-7(14)21)10-18-17-9(25-10)5(13)3-19/h4-6,8-10,17-20H,2-3,13H2,1H3,(H2,14,21)(H,22,23)(H2,15,16,24)/t4?,5-,6-,8?,9?,10?/m0/s1. The van der Waals surface area contributed by atoms with E-state index in [-0.39, 0.29) is 13.0 Å². The van der Waals surface area contributed by atoms with Gasteiger partial charge in [-0.25, -0.2) is 20.4 Å². The Morgan fingerprint density at radius 3 is 2.32 bits per heavy atom. The van der Waals surface area contributed by atoms with Crippen molar-refractivity contribution in [1.29, 1.82) is 0 Å². The third-order valence-corrected chi connectivity index (χ3v) is 3.40. The van der Waals surface area contributed by atoms with E-state index in [1.165, 1.54) is 6.92 Å². The number of aliphatic hydroxyl groups excluding tert-OH is 2. The number of nitrogens with two attached hydrogens (primary N) is 2. The maximum atomic E-state index is 12.0. The van der Waals surface area contributed by atoms with Gasteiger partial charge in [-0.05, 0) is 6.92 Å². The molecular formula is C12H24N6O7. The zero-order valence-corrected chi connectivity index (χ0v) is 13.5. The first-order chi connectivity index (χ1) is 11.6. The Morgan fingerprint density at radius 1 is 1.24 bits per heavy atom. The number of hydrogen-bond acceptors (Lipinski definition) is 9. The molecule has 0 spiro atoms. The highest BCUT2D eigenvalue weighted by Gasteiger charge is 2.36. The van der Waals surface area contributed by atoms with Crippen LogP contribution < -0.4 is 33.0 Å². The topological polar surface area (TPSA) is 221 Å². The lowest BCUT2D eigenvalue weighted by Crippen LogP contribution is -2.57. The zero-order chi connectivity index (χ0) is 19.1. The summed E-state index contributed by atoms with van der Waals surface area (Å²) in [6.07, 6.45) is -3.36. The van der Waals surface area contributed by atoms with Crippen LogP contribution in [0.2, 0.25) is 0 Å². The second-order valence-corrected chi connectivity index (χ2v) is 5.56. The van der Waals surface area contributed by atoms with Crippen LogP contribution in [-0.4, -0.2) is 76.5 Å². The minimum atomic E-state index is -1.54. The van der Waals surface area contributed by atoms with E-state index >= 15 is 0 Å². The van der Waals surface area contributed by atoms with Crippen molar-refractivity contribution in [3.63, 3.8) is 0 Å². The highest BCUT2D eigenvalue weighted by atomic mass is 16.6. The number of carboxylic acid groups (broad SMARTS) is 1. The summed E-state index contributed by atoms with van der Waals surface area (Å²) in [4.78, 5) is 34.2. The predicted molar refractivity (Wildman–Crippen MR) is 82.4 cm³/mol. The molecule has 3 amide bonds. The molecule has 0 aromatic rings. The van der Waals surface area contributed by atoms with Crippen LogP contribution in [0.1, 0.15) is 13.3 Å². The molecule has 0 aromatic carbocycles. The number of carboxylic acids is 1. The number of aliphatic hydroxyl groups is 2. The predicted octanol–water partition coefficient (Wildman–Crippen LogP) is -4.54. The first kappa shape index (κ1) is 21.0. The van der Waals surface area contributed by atoms with E-state index in [1.54, 1.807) is 0 Å². The number of ether oxygens (including phenoxy) is 1. The number of primary amides is 1. The summed E-state index contributed by atoms with van der Waals surface area (Å²) in [6, 6.07) is -4.21. The van der Waals surface area contributed by atoms with E-state index in [0.717, 1.165) is 0 Å². The van der Waals surface area contributed by atoms with Gasteiger partial charge < -0.3 is 42.2 Å².